The average molecular weight is 237 g/mol. The van der Waals surface area contributed by atoms with Crippen molar-refractivity contribution in [2.45, 2.75) is 12.8 Å². The topological polar surface area (TPSA) is 29.0 Å². The number of rotatable bonds is 1. The number of benzene rings is 1. The summed E-state index contributed by atoms with van der Waals surface area (Å²) in [5.74, 6) is 0.938. The molecular formula is C15H15N3. The van der Waals surface area contributed by atoms with Crippen LogP contribution < -0.4 is 0 Å². The van der Waals surface area contributed by atoms with Gasteiger partial charge in [-0.25, -0.2) is 9.97 Å². The lowest BCUT2D eigenvalue weighted by Gasteiger charge is -2.36. The molecule has 0 amide bonds. The molecule has 1 aromatic heterocycles. The zero-order valence-corrected chi connectivity index (χ0v) is 10.3. The number of piperidine rings is 1. The van der Waals surface area contributed by atoms with Gasteiger partial charge in [0.05, 0.1) is 5.52 Å². The molecule has 3 aliphatic rings. The molecule has 3 nitrogen and oxygen atoms in total. The van der Waals surface area contributed by atoms with Crippen molar-refractivity contribution in [2.75, 3.05) is 19.6 Å². The normalized spacial score (nSPS) is 19.8. The highest BCUT2D eigenvalue weighted by Crippen LogP contribution is 2.32. The van der Waals surface area contributed by atoms with Gasteiger partial charge in [0.15, 0.2) is 5.82 Å². The van der Waals surface area contributed by atoms with Gasteiger partial charge in [0, 0.05) is 36.8 Å². The molecule has 1 saturated heterocycles. The zero-order chi connectivity index (χ0) is 11.9. The molecule has 3 heteroatoms. The van der Waals surface area contributed by atoms with Gasteiger partial charge in [0.2, 0.25) is 0 Å². The Morgan fingerprint density at radius 2 is 1.89 bits per heavy atom. The maximum absolute atomic E-state index is 4.72. The zero-order valence-electron chi connectivity index (χ0n) is 10.3. The molecule has 18 heavy (non-hydrogen) atoms. The van der Waals surface area contributed by atoms with Gasteiger partial charge in [-0.05, 0) is 18.9 Å². The second-order valence-electron chi connectivity index (χ2n) is 5.11. The number of para-hydroxylation sites is 1. The van der Waals surface area contributed by atoms with Crippen molar-refractivity contribution in [3.8, 4) is 0 Å². The summed E-state index contributed by atoms with van der Waals surface area (Å²) in [5.41, 5.74) is 4.00. The van der Waals surface area contributed by atoms with E-state index in [1.807, 2.05) is 18.3 Å². The molecule has 0 spiro atoms. The molecule has 0 N–H and O–H groups in total. The van der Waals surface area contributed by atoms with E-state index in [-0.39, 0.29) is 0 Å². The minimum Gasteiger partial charge on any atom is -0.298 e. The molecule has 1 aromatic carbocycles. The fraction of sp³-hybridized carbons (Fsp3) is 0.333. The minimum atomic E-state index is 0.938. The summed E-state index contributed by atoms with van der Waals surface area (Å²) in [6.07, 6.45) is 4.35. The molecule has 3 aliphatic heterocycles. The number of hydrogen-bond donors (Lipinski definition) is 0. The van der Waals surface area contributed by atoms with Crippen LogP contribution in [0.15, 0.2) is 36.0 Å². The van der Waals surface area contributed by atoms with E-state index in [2.05, 4.69) is 22.0 Å². The van der Waals surface area contributed by atoms with Crippen molar-refractivity contribution in [1.29, 1.82) is 0 Å². The average Bonchev–Trinajstić information content (AvgIpc) is 2.48. The molecular weight excluding hydrogens is 222 g/mol. The van der Waals surface area contributed by atoms with Gasteiger partial charge in [-0.15, -0.1) is 0 Å². The summed E-state index contributed by atoms with van der Waals surface area (Å²) >= 11 is 0. The van der Waals surface area contributed by atoms with Crippen LogP contribution in [0.5, 0.6) is 0 Å². The molecule has 4 heterocycles. The summed E-state index contributed by atoms with van der Waals surface area (Å²) in [7, 11) is 0. The van der Waals surface area contributed by atoms with Crippen LogP contribution in [0, 0.1) is 0 Å². The molecule has 2 bridgehead atoms. The van der Waals surface area contributed by atoms with Crippen LogP contribution in [0.3, 0.4) is 0 Å². The van der Waals surface area contributed by atoms with Crippen LogP contribution >= 0.6 is 0 Å². The molecule has 1 fully saturated rings. The predicted octanol–water partition coefficient (Wildman–Crippen LogP) is 2.49. The molecule has 0 atom stereocenters. The second-order valence-corrected chi connectivity index (χ2v) is 5.11. The van der Waals surface area contributed by atoms with Crippen molar-refractivity contribution in [3.05, 3.63) is 41.9 Å². The van der Waals surface area contributed by atoms with E-state index in [1.54, 1.807) is 5.57 Å². The highest BCUT2D eigenvalue weighted by Gasteiger charge is 2.26. The van der Waals surface area contributed by atoms with Gasteiger partial charge >= 0.3 is 0 Å². The van der Waals surface area contributed by atoms with Crippen molar-refractivity contribution < 1.29 is 0 Å². The summed E-state index contributed by atoms with van der Waals surface area (Å²) in [6, 6.07) is 8.19. The highest BCUT2D eigenvalue weighted by atomic mass is 15.1. The molecule has 2 aromatic rings. The minimum absolute atomic E-state index is 0.938. The van der Waals surface area contributed by atoms with Crippen LogP contribution in [0.25, 0.3) is 16.5 Å². The van der Waals surface area contributed by atoms with Crippen molar-refractivity contribution >= 4 is 16.5 Å². The Morgan fingerprint density at radius 1 is 1.06 bits per heavy atom. The summed E-state index contributed by atoms with van der Waals surface area (Å²) < 4.78 is 0. The molecule has 5 rings (SSSR count). The Morgan fingerprint density at radius 3 is 2.67 bits per heavy atom. The van der Waals surface area contributed by atoms with E-state index in [4.69, 9.17) is 4.98 Å². The third-order valence-electron chi connectivity index (χ3n) is 4.03. The number of hydrogen-bond acceptors (Lipinski definition) is 3. The maximum atomic E-state index is 4.72. The van der Waals surface area contributed by atoms with E-state index < -0.39 is 0 Å². The quantitative estimate of drug-likeness (QED) is 0.763. The Hall–Kier alpha value is -1.74. The lowest BCUT2D eigenvalue weighted by atomic mass is 9.91. The van der Waals surface area contributed by atoms with E-state index in [0.717, 1.165) is 23.3 Å². The largest absolute Gasteiger partial charge is 0.298 e. The first-order valence-corrected chi connectivity index (χ1v) is 6.55. The van der Waals surface area contributed by atoms with E-state index in [0.29, 0.717) is 0 Å². The van der Waals surface area contributed by atoms with Gasteiger partial charge < -0.3 is 0 Å². The third kappa shape index (κ3) is 1.55. The van der Waals surface area contributed by atoms with Gasteiger partial charge in [-0.1, -0.05) is 23.8 Å². The van der Waals surface area contributed by atoms with Crippen LogP contribution in [0.1, 0.15) is 18.7 Å². The van der Waals surface area contributed by atoms with E-state index in [1.165, 1.54) is 31.5 Å². The first kappa shape index (κ1) is 10.2. The Balaban J connectivity index is 1.85. The number of nitrogens with zero attached hydrogens (tertiary/aromatic N) is 3. The Bertz CT molecular complexity index is 635. The first-order chi connectivity index (χ1) is 8.90. The van der Waals surface area contributed by atoms with Gasteiger partial charge in [-0.2, -0.15) is 0 Å². The summed E-state index contributed by atoms with van der Waals surface area (Å²) in [6.45, 7) is 3.46. The van der Waals surface area contributed by atoms with Crippen molar-refractivity contribution in [3.63, 3.8) is 0 Å². The van der Waals surface area contributed by atoms with Gasteiger partial charge in [-0.3, -0.25) is 4.90 Å². The van der Waals surface area contributed by atoms with Crippen LogP contribution in [-0.4, -0.2) is 34.5 Å². The standard InChI is InChI=1S/C15H15N3/c1-2-4-14-12(3-1)9-16-15(17-14)13-10-18-7-5-11(13)6-8-18/h1-4,9H,5-8,10H2. The van der Waals surface area contributed by atoms with E-state index in [9.17, 15) is 0 Å². The predicted molar refractivity (Wildman–Crippen MR) is 72.1 cm³/mol. The molecule has 90 valence electrons. The SMILES string of the molecule is c1ccc2nc(C3=C4CCN(CC4)C3)ncc2c1. The molecule has 0 radical (unpaired) electrons. The van der Waals surface area contributed by atoms with Gasteiger partial charge in [0.1, 0.15) is 0 Å². The highest BCUT2D eigenvalue weighted by molar-refractivity contribution is 5.79. The van der Waals surface area contributed by atoms with Crippen LogP contribution in [0.2, 0.25) is 0 Å². The van der Waals surface area contributed by atoms with Crippen molar-refractivity contribution in [2.24, 2.45) is 0 Å². The van der Waals surface area contributed by atoms with Crippen molar-refractivity contribution in [1.82, 2.24) is 14.9 Å². The second kappa shape index (κ2) is 3.89. The fourth-order valence-corrected chi connectivity index (χ4v) is 2.96. The maximum Gasteiger partial charge on any atom is 0.156 e. The molecule has 0 unspecified atom stereocenters. The molecule has 0 saturated carbocycles. The smallest absolute Gasteiger partial charge is 0.156 e. The number of fused-ring (bicyclic) bond motifs is 4. The van der Waals surface area contributed by atoms with Crippen LogP contribution in [-0.2, 0) is 0 Å². The Labute approximate surface area is 106 Å². The summed E-state index contributed by atoms with van der Waals surface area (Å²) in [4.78, 5) is 11.8. The number of aromatic nitrogens is 2. The third-order valence-corrected chi connectivity index (χ3v) is 4.03. The van der Waals surface area contributed by atoms with Gasteiger partial charge in [0.25, 0.3) is 0 Å². The summed E-state index contributed by atoms with van der Waals surface area (Å²) in [5, 5.41) is 1.12. The first-order valence-electron chi connectivity index (χ1n) is 6.55. The molecule has 0 aliphatic carbocycles. The fourth-order valence-electron chi connectivity index (χ4n) is 2.96. The lowest BCUT2D eigenvalue weighted by Crippen LogP contribution is -2.37. The van der Waals surface area contributed by atoms with Crippen LogP contribution in [0.4, 0.5) is 0 Å². The Kier molecular flexibility index (Phi) is 2.20. The monoisotopic (exact) mass is 237 g/mol. The van der Waals surface area contributed by atoms with E-state index >= 15 is 0 Å². The lowest BCUT2D eigenvalue weighted by molar-refractivity contribution is 0.268.